The smallest absolute Gasteiger partial charge is 0.341 e. The summed E-state index contributed by atoms with van der Waals surface area (Å²) in [5.41, 5.74) is 2.74. The first-order valence-electron chi connectivity index (χ1n) is 8.14. The molecule has 0 saturated carbocycles. The summed E-state index contributed by atoms with van der Waals surface area (Å²) in [5, 5.41) is 4.96. The number of nitrogens with zero attached hydrogens (tertiary/aromatic N) is 1. The van der Waals surface area contributed by atoms with Crippen LogP contribution in [0.15, 0.2) is 18.2 Å². The lowest BCUT2D eigenvalue weighted by Crippen LogP contribution is -2.09. The third-order valence-electron chi connectivity index (χ3n) is 4.38. The Bertz CT molecular complexity index is 945. The second-order valence-electron chi connectivity index (χ2n) is 5.88. The fourth-order valence-corrected chi connectivity index (χ4v) is 5.39. The molecule has 25 heavy (non-hydrogen) atoms. The fourth-order valence-electron chi connectivity index (χ4n) is 3.15. The van der Waals surface area contributed by atoms with Gasteiger partial charge in [-0.05, 0) is 49.4 Å². The minimum Gasteiger partial charge on any atom is -0.497 e. The fraction of sp³-hybridized carbons (Fsp3) is 0.333. The van der Waals surface area contributed by atoms with Crippen molar-refractivity contribution in [1.82, 2.24) is 4.98 Å². The molecule has 0 fully saturated rings. The summed E-state index contributed by atoms with van der Waals surface area (Å²) in [7, 11) is 3.09. The quantitative estimate of drug-likeness (QED) is 0.666. The number of carbonyl (C=O) groups excluding carboxylic acids is 1. The van der Waals surface area contributed by atoms with Crippen LogP contribution in [0.25, 0.3) is 10.2 Å². The van der Waals surface area contributed by atoms with E-state index in [2.05, 4.69) is 10.3 Å². The summed E-state index contributed by atoms with van der Waals surface area (Å²) in [6.07, 6.45) is 4.26. The van der Waals surface area contributed by atoms with Gasteiger partial charge in [0.05, 0.1) is 30.0 Å². The molecule has 1 N–H and O–H groups in total. The Balaban J connectivity index is 1.72. The van der Waals surface area contributed by atoms with Crippen molar-refractivity contribution in [2.75, 3.05) is 19.5 Å². The molecule has 1 aliphatic rings. The van der Waals surface area contributed by atoms with Gasteiger partial charge < -0.3 is 14.8 Å². The number of anilines is 2. The zero-order valence-corrected chi connectivity index (χ0v) is 15.7. The Kier molecular flexibility index (Phi) is 4.35. The topological polar surface area (TPSA) is 60.5 Å². The van der Waals surface area contributed by atoms with Gasteiger partial charge >= 0.3 is 5.97 Å². The number of aromatic nitrogens is 1. The maximum Gasteiger partial charge on any atom is 0.341 e. The number of thiazole rings is 1. The van der Waals surface area contributed by atoms with Crippen LogP contribution in [0.3, 0.4) is 0 Å². The van der Waals surface area contributed by atoms with Crippen molar-refractivity contribution < 1.29 is 14.3 Å². The summed E-state index contributed by atoms with van der Waals surface area (Å²) in [5.74, 6) is 0.536. The summed E-state index contributed by atoms with van der Waals surface area (Å²) in [6.45, 7) is 0. The van der Waals surface area contributed by atoms with Crippen LogP contribution in [-0.4, -0.2) is 25.2 Å². The summed E-state index contributed by atoms with van der Waals surface area (Å²) in [6, 6.07) is 5.81. The summed E-state index contributed by atoms with van der Waals surface area (Å²) in [4.78, 5) is 18.2. The van der Waals surface area contributed by atoms with Crippen LogP contribution in [0.5, 0.6) is 5.75 Å². The van der Waals surface area contributed by atoms with Gasteiger partial charge in [-0.25, -0.2) is 9.78 Å². The van der Waals surface area contributed by atoms with Crippen LogP contribution < -0.4 is 10.1 Å². The SMILES string of the molecule is COC(=O)c1c(Nc2nc3ccc(OC)cc3s2)sc2c1CCCC2. The van der Waals surface area contributed by atoms with E-state index in [9.17, 15) is 4.79 Å². The number of nitrogens with one attached hydrogen (secondary N) is 1. The van der Waals surface area contributed by atoms with Gasteiger partial charge in [0.25, 0.3) is 0 Å². The van der Waals surface area contributed by atoms with Crippen LogP contribution in [0.4, 0.5) is 10.1 Å². The lowest BCUT2D eigenvalue weighted by molar-refractivity contribution is 0.0601. The van der Waals surface area contributed by atoms with Crippen LogP contribution in [0.2, 0.25) is 0 Å². The highest BCUT2D eigenvalue weighted by Crippen LogP contribution is 2.41. The Morgan fingerprint density at radius 1 is 1.20 bits per heavy atom. The van der Waals surface area contributed by atoms with Crippen molar-refractivity contribution >= 4 is 49.0 Å². The second kappa shape index (κ2) is 6.65. The van der Waals surface area contributed by atoms with E-state index in [1.807, 2.05) is 18.2 Å². The first-order valence-corrected chi connectivity index (χ1v) is 9.77. The second-order valence-corrected chi connectivity index (χ2v) is 8.02. The first-order chi connectivity index (χ1) is 12.2. The number of benzene rings is 1. The molecule has 1 aromatic carbocycles. The van der Waals surface area contributed by atoms with Crippen molar-refractivity contribution in [3.05, 3.63) is 34.2 Å². The minimum atomic E-state index is -0.273. The molecule has 0 atom stereocenters. The molecule has 7 heteroatoms. The van der Waals surface area contributed by atoms with E-state index < -0.39 is 0 Å². The average molecular weight is 374 g/mol. The lowest BCUT2D eigenvalue weighted by atomic mass is 9.95. The Labute approximate surface area is 153 Å². The summed E-state index contributed by atoms with van der Waals surface area (Å²) < 4.78 is 11.3. The van der Waals surface area contributed by atoms with Gasteiger partial charge in [0, 0.05) is 4.88 Å². The molecule has 0 spiro atoms. The molecule has 0 saturated heterocycles. The maximum atomic E-state index is 12.3. The average Bonchev–Trinajstić information content (AvgIpc) is 3.20. The number of carbonyl (C=O) groups is 1. The Hall–Kier alpha value is -2.12. The number of methoxy groups -OCH3 is 2. The van der Waals surface area contributed by atoms with E-state index in [0.717, 1.165) is 50.9 Å². The van der Waals surface area contributed by atoms with E-state index in [1.54, 1.807) is 29.8 Å². The van der Waals surface area contributed by atoms with E-state index in [0.29, 0.717) is 5.56 Å². The van der Waals surface area contributed by atoms with Crippen molar-refractivity contribution in [3.63, 3.8) is 0 Å². The Morgan fingerprint density at radius 2 is 2.04 bits per heavy atom. The van der Waals surface area contributed by atoms with E-state index >= 15 is 0 Å². The predicted molar refractivity (Wildman–Crippen MR) is 102 cm³/mol. The third kappa shape index (κ3) is 2.98. The molecule has 2 aromatic heterocycles. The van der Waals surface area contributed by atoms with Crippen molar-refractivity contribution in [1.29, 1.82) is 0 Å². The number of rotatable bonds is 4. The molecule has 0 bridgehead atoms. The first kappa shape index (κ1) is 16.4. The maximum absolute atomic E-state index is 12.3. The van der Waals surface area contributed by atoms with Crippen LogP contribution in [0, 0.1) is 0 Å². The van der Waals surface area contributed by atoms with Crippen LogP contribution in [0.1, 0.15) is 33.6 Å². The monoisotopic (exact) mass is 374 g/mol. The van der Waals surface area contributed by atoms with E-state index in [-0.39, 0.29) is 5.97 Å². The van der Waals surface area contributed by atoms with Gasteiger partial charge in [-0.2, -0.15) is 0 Å². The standard InChI is InChI=1S/C18H18N2O3S2/c1-22-10-7-8-12-14(9-10)25-18(19-12)20-16-15(17(21)23-2)11-5-3-4-6-13(11)24-16/h7-9H,3-6H2,1-2H3,(H,19,20). The molecule has 0 amide bonds. The Morgan fingerprint density at radius 3 is 2.84 bits per heavy atom. The number of aryl methyl sites for hydroxylation is 1. The molecule has 0 radical (unpaired) electrons. The molecule has 1 aliphatic carbocycles. The molecule has 4 rings (SSSR count). The molecule has 0 unspecified atom stereocenters. The van der Waals surface area contributed by atoms with Gasteiger partial charge in [-0.1, -0.05) is 11.3 Å². The van der Waals surface area contributed by atoms with Gasteiger partial charge in [-0.15, -0.1) is 11.3 Å². The highest BCUT2D eigenvalue weighted by atomic mass is 32.1. The summed E-state index contributed by atoms with van der Waals surface area (Å²) >= 11 is 3.20. The molecule has 2 heterocycles. The van der Waals surface area contributed by atoms with Crippen molar-refractivity contribution in [3.8, 4) is 5.75 Å². The predicted octanol–water partition coefficient (Wildman–Crippen LogP) is 4.78. The van der Waals surface area contributed by atoms with Crippen LogP contribution in [-0.2, 0) is 17.6 Å². The number of thiophene rings is 1. The van der Waals surface area contributed by atoms with Crippen molar-refractivity contribution in [2.24, 2.45) is 0 Å². The molecular weight excluding hydrogens is 356 g/mol. The molecule has 3 aromatic rings. The molecule has 0 aliphatic heterocycles. The molecular formula is C18H18N2O3S2. The van der Waals surface area contributed by atoms with E-state index in [4.69, 9.17) is 9.47 Å². The van der Waals surface area contributed by atoms with E-state index in [1.165, 1.54) is 18.4 Å². The zero-order chi connectivity index (χ0) is 17.4. The normalized spacial score (nSPS) is 13.5. The highest BCUT2D eigenvalue weighted by Gasteiger charge is 2.26. The third-order valence-corrected chi connectivity index (χ3v) is 6.52. The van der Waals surface area contributed by atoms with Crippen molar-refractivity contribution in [2.45, 2.75) is 25.7 Å². The zero-order valence-electron chi connectivity index (χ0n) is 14.0. The number of ether oxygens (including phenoxy) is 2. The van der Waals surface area contributed by atoms with Gasteiger partial charge in [0.15, 0.2) is 5.13 Å². The minimum absolute atomic E-state index is 0.273. The molecule has 130 valence electrons. The largest absolute Gasteiger partial charge is 0.497 e. The molecule has 5 nitrogen and oxygen atoms in total. The van der Waals surface area contributed by atoms with Gasteiger partial charge in [0.1, 0.15) is 10.8 Å². The van der Waals surface area contributed by atoms with Gasteiger partial charge in [-0.3, -0.25) is 0 Å². The number of esters is 1. The number of hydrogen-bond acceptors (Lipinski definition) is 7. The lowest BCUT2D eigenvalue weighted by Gasteiger charge is -2.11. The number of hydrogen-bond donors (Lipinski definition) is 1. The number of fused-ring (bicyclic) bond motifs is 2. The van der Waals surface area contributed by atoms with Crippen LogP contribution >= 0.6 is 22.7 Å². The highest BCUT2D eigenvalue weighted by molar-refractivity contribution is 7.23. The van der Waals surface area contributed by atoms with Gasteiger partial charge in [0.2, 0.25) is 0 Å².